The van der Waals surface area contributed by atoms with Crippen molar-refractivity contribution in [3.8, 4) is 5.69 Å². The Kier molecular flexibility index (Phi) is 4.07. The lowest BCUT2D eigenvalue weighted by molar-refractivity contribution is 0.0787. The van der Waals surface area contributed by atoms with E-state index in [1.165, 1.54) is 0 Å². The number of halogens is 1. The molecule has 0 bridgehead atoms. The van der Waals surface area contributed by atoms with E-state index in [1.807, 2.05) is 29.2 Å². The number of nitrogens with zero attached hydrogens (tertiary/aromatic N) is 3. The van der Waals surface area contributed by atoms with Crippen molar-refractivity contribution in [2.45, 2.75) is 6.42 Å². The third kappa shape index (κ3) is 3.01. The number of amides is 1. The fraction of sp³-hybridized carbons (Fsp3) is 0.333. The van der Waals surface area contributed by atoms with Gasteiger partial charge in [0.15, 0.2) is 0 Å². The highest BCUT2D eigenvalue weighted by molar-refractivity contribution is 9.10. The lowest BCUT2D eigenvalue weighted by atomic mass is 10.1. The zero-order valence-corrected chi connectivity index (χ0v) is 13.2. The molecule has 2 heterocycles. The van der Waals surface area contributed by atoms with Gasteiger partial charge in [-0.1, -0.05) is 15.9 Å². The number of nitrogens with two attached hydrogens (primary N) is 1. The van der Waals surface area contributed by atoms with Crippen LogP contribution >= 0.6 is 15.9 Å². The molecule has 2 N–H and O–H groups in total. The van der Waals surface area contributed by atoms with Gasteiger partial charge in [0.1, 0.15) is 0 Å². The lowest BCUT2D eigenvalue weighted by Gasteiger charge is -2.14. The molecule has 5 nitrogen and oxygen atoms in total. The first-order valence-electron chi connectivity index (χ1n) is 6.97. The molecule has 1 atom stereocenters. The van der Waals surface area contributed by atoms with Gasteiger partial charge >= 0.3 is 0 Å². The maximum absolute atomic E-state index is 12.4. The Labute approximate surface area is 131 Å². The fourth-order valence-electron chi connectivity index (χ4n) is 2.56. The smallest absolute Gasteiger partial charge is 0.257 e. The van der Waals surface area contributed by atoms with E-state index in [9.17, 15) is 4.79 Å². The van der Waals surface area contributed by atoms with Crippen LogP contribution in [0.1, 0.15) is 16.8 Å². The molecule has 110 valence electrons. The quantitative estimate of drug-likeness (QED) is 0.923. The van der Waals surface area contributed by atoms with Crippen LogP contribution in [0.2, 0.25) is 0 Å². The molecule has 1 fully saturated rings. The molecule has 0 saturated carbocycles. The van der Waals surface area contributed by atoms with Crippen molar-refractivity contribution < 1.29 is 4.79 Å². The van der Waals surface area contributed by atoms with Crippen molar-refractivity contribution in [2.24, 2.45) is 11.7 Å². The second-order valence-electron chi connectivity index (χ2n) is 5.29. The maximum Gasteiger partial charge on any atom is 0.257 e. The van der Waals surface area contributed by atoms with E-state index >= 15 is 0 Å². The predicted octanol–water partition coefficient (Wildman–Crippen LogP) is 2.06. The van der Waals surface area contributed by atoms with Gasteiger partial charge < -0.3 is 10.6 Å². The van der Waals surface area contributed by atoms with Gasteiger partial charge in [-0.2, -0.15) is 5.10 Å². The average Bonchev–Trinajstić information content (AvgIpc) is 3.16. The first-order valence-corrected chi connectivity index (χ1v) is 7.76. The minimum atomic E-state index is 0.0364. The molecule has 6 heteroatoms. The van der Waals surface area contributed by atoms with E-state index in [0.29, 0.717) is 18.0 Å². The third-order valence-corrected chi connectivity index (χ3v) is 4.36. The number of carbonyl (C=O) groups is 1. The summed E-state index contributed by atoms with van der Waals surface area (Å²) in [5, 5.41) is 4.28. The highest BCUT2D eigenvalue weighted by Crippen LogP contribution is 2.19. The number of benzene rings is 1. The Bertz CT molecular complexity index is 637. The van der Waals surface area contributed by atoms with Crippen molar-refractivity contribution in [3.63, 3.8) is 0 Å². The van der Waals surface area contributed by atoms with Crippen molar-refractivity contribution in [3.05, 3.63) is 46.7 Å². The van der Waals surface area contributed by atoms with E-state index in [2.05, 4.69) is 21.0 Å². The zero-order valence-electron chi connectivity index (χ0n) is 11.6. The molecule has 0 spiro atoms. The summed E-state index contributed by atoms with van der Waals surface area (Å²) in [6.07, 6.45) is 4.39. The van der Waals surface area contributed by atoms with Crippen LogP contribution in [0.5, 0.6) is 0 Å². The predicted molar refractivity (Wildman–Crippen MR) is 84.3 cm³/mol. The molecule has 1 amide bonds. The standard InChI is InChI=1S/C15H17BrN4O/c16-13-1-3-14(4-2-13)20-10-12(8-18-20)15(21)19-6-5-11(7-17)9-19/h1-4,8,10-11H,5-7,9,17H2/t11-/m1/s1. The second-order valence-corrected chi connectivity index (χ2v) is 6.21. The topological polar surface area (TPSA) is 64.2 Å². The number of hydrogen-bond acceptors (Lipinski definition) is 3. The van der Waals surface area contributed by atoms with Gasteiger partial charge in [0.05, 0.1) is 17.4 Å². The fourth-order valence-corrected chi connectivity index (χ4v) is 2.82. The van der Waals surface area contributed by atoms with Gasteiger partial charge in [0.25, 0.3) is 5.91 Å². The normalized spacial score (nSPS) is 18.2. The van der Waals surface area contributed by atoms with E-state index in [0.717, 1.165) is 29.7 Å². The van der Waals surface area contributed by atoms with Gasteiger partial charge in [0, 0.05) is 23.8 Å². The molecule has 1 aliphatic heterocycles. The van der Waals surface area contributed by atoms with Gasteiger partial charge in [0.2, 0.25) is 0 Å². The van der Waals surface area contributed by atoms with E-state index in [1.54, 1.807) is 17.1 Å². The Balaban J connectivity index is 1.75. The molecule has 1 aromatic carbocycles. The Hall–Kier alpha value is -1.66. The highest BCUT2D eigenvalue weighted by atomic mass is 79.9. The molecule has 0 aliphatic carbocycles. The van der Waals surface area contributed by atoms with Crippen LogP contribution in [0.4, 0.5) is 0 Å². The van der Waals surface area contributed by atoms with Crippen LogP contribution in [0.3, 0.4) is 0 Å². The summed E-state index contributed by atoms with van der Waals surface area (Å²) in [6, 6.07) is 7.80. The van der Waals surface area contributed by atoms with Crippen LogP contribution in [-0.2, 0) is 0 Å². The minimum Gasteiger partial charge on any atom is -0.338 e. The SMILES string of the molecule is NC[C@H]1CCN(C(=O)c2cnn(-c3ccc(Br)cc3)c2)C1. The second kappa shape index (κ2) is 5.99. The Morgan fingerprint density at radius 2 is 2.14 bits per heavy atom. The third-order valence-electron chi connectivity index (χ3n) is 3.83. The number of rotatable bonds is 3. The van der Waals surface area contributed by atoms with E-state index in [-0.39, 0.29) is 5.91 Å². The summed E-state index contributed by atoms with van der Waals surface area (Å²) in [5.41, 5.74) is 7.22. The number of carbonyl (C=O) groups excluding carboxylic acids is 1. The highest BCUT2D eigenvalue weighted by Gasteiger charge is 2.26. The summed E-state index contributed by atoms with van der Waals surface area (Å²) in [4.78, 5) is 14.3. The van der Waals surface area contributed by atoms with Gasteiger partial charge in [-0.05, 0) is 43.1 Å². The Morgan fingerprint density at radius 1 is 1.38 bits per heavy atom. The number of aromatic nitrogens is 2. The summed E-state index contributed by atoms with van der Waals surface area (Å²) in [5.74, 6) is 0.463. The van der Waals surface area contributed by atoms with E-state index in [4.69, 9.17) is 5.73 Å². The zero-order chi connectivity index (χ0) is 14.8. The van der Waals surface area contributed by atoms with Crippen molar-refractivity contribution in [1.82, 2.24) is 14.7 Å². The largest absolute Gasteiger partial charge is 0.338 e. The molecular weight excluding hydrogens is 332 g/mol. The minimum absolute atomic E-state index is 0.0364. The van der Waals surface area contributed by atoms with Gasteiger partial charge in [-0.15, -0.1) is 0 Å². The van der Waals surface area contributed by atoms with Crippen LogP contribution in [0, 0.1) is 5.92 Å². The van der Waals surface area contributed by atoms with E-state index < -0.39 is 0 Å². The van der Waals surface area contributed by atoms with Crippen LogP contribution in [-0.4, -0.2) is 40.2 Å². The summed E-state index contributed by atoms with van der Waals surface area (Å²) >= 11 is 3.40. The number of likely N-dealkylation sites (tertiary alicyclic amines) is 1. The summed E-state index contributed by atoms with van der Waals surface area (Å²) in [7, 11) is 0. The molecule has 1 aromatic heterocycles. The van der Waals surface area contributed by atoms with Crippen molar-refractivity contribution >= 4 is 21.8 Å². The van der Waals surface area contributed by atoms with Crippen LogP contribution in [0.25, 0.3) is 5.69 Å². The maximum atomic E-state index is 12.4. The average molecular weight is 349 g/mol. The molecule has 1 saturated heterocycles. The van der Waals surface area contributed by atoms with Crippen molar-refractivity contribution in [1.29, 1.82) is 0 Å². The number of hydrogen-bond donors (Lipinski definition) is 1. The molecule has 21 heavy (non-hydrogen) atoms. The molecule has 2 aromatic rings. The van der Waals surface area contributed by atoms with Gasteiger partial charge in [-0.25, -0.2) is 4.68 Å². The Morgan fingerprint density at radius 3 is 2.81 bits per heavy atom. The molecule has 3 rings (SSSR count). The summed E-state index contributed by atoms with van der Waals surface area (Å²) < 4.78 is 2.73. The van der Waals surface area contributed by atoms with Crippen LogP contribution in [0.15, 0.2) is 41.1 Å². The molecular formula is C15H17BrN4O. The molecule has 1 aliphatic rings. The first-order chi connectivity index (χ1) is 10.2. The monoisotopic (exact) mass is 348 g/mol. The lowest BCUT2D eigenvalue weighted by Crippen LogP contribution is -2.29. The van der Waals surface area contributed by atoms with Crippen LogP contribution < -0.4 is 5.73 Å². The summed E-state index contributed by atoms with van der Waals surface area (Å²) in [6.45, 7) is 2.17. The van der Waals surface area contributed by atoms with Crippen molar-refractivity contribution in [2.75, 3.05) is 19.6 Å². The molecule has 0 radical (unpaired) electrons. The first kappa shape index (κ1) is 14.3. The van der Waals surface area contributed by atoms with Gasteiger partial charge in [-0.3, -0.25) is 4.79 Å². The molecule has 0 unspecified atom stereocenters.